The lowest BCUT2D eigenvalue weighted by atomic mass is 10.1. The van der Waals surface area contributed by atoms with Gasteiger partial charge in [0, 0.05) is 12.1 Å². The van der Waals surface area contributed by atoms with Gasteiger partial charge in [-0.1, -0.05) is 0 Å². The SMILES string of the molecule is CC(C)(C)NCCOC(N)CO. The summed E-state index contributed by atoms with van der Waals surface area (Å²) in [5.74, 6) is 0. The molecule has 74 valence electrons. The number of nitrogens with one attached hydrogen (secondary N) is 1. The number of rotatable bonds is 5. The first-order chi connectivity index (χ1) is 5.45. The monoisotopic (exact) mass is 176 g/mol. The highest BCUT2D eigenvalue weighted by Gasteiger charge is 2.07. The fraction of sp³-hybridized carbons (Fsp3) is 1.00. The van der Waals surface area contributed by atoms with Gasteiger partial charge in [-0.2, -0.15) is 0 Å². The molecule has 0 bridgehead atoms. The Hall–Kier alpha value is -0.160. The van der Waals surface area contributed by atoms with Crippen molar-refractivity contribution in [3.63, 3.8) is 0 Å². The van der Waals surface area contributed by atoms with Crippen LogP contribution >= 0.6 is 0 Å². The van der Waals surface area contributed by atoms with Crippen molar-refractivity contribution in [2.45, 2.75) is 32.5 Å². The molecule has 0 aliphatic rings. The molecule has 0 radical (unpaired) electrons. The topological polar surface area (TPSA) is 67.5 Å². The number of hydrogen-bond acceptors (Lipinski definition) is 4. The van der Waals surface area contributed by atoms with Gasteiger partial charge in [0.1, 0.15) is 6.23 Å². The lowest BCUT2D eigenvalue weighted by Gasteiger charge is -2.20. The second-order valence-corrected chi connectivity index (χ2v) is 3.77. The largest absolute Gasteiger partial charge is 0.392 e. The van der Waals surface area contributed by atoms with E-state index < -0.39 is 6.23 Å². The summed E-state index contributed by atoms with van der Waals surface area (Å²) in [7, 11) is 0. The van der Waals surface area contributed by atoms with Crippen LogP contribution in [0, 0.1) is 0 Å². The van der Waals surface area contributed by atoms with Crippen LogP contribution in [0.1, 0.15) is 20.8 Å². The molecule has 0 amide bonds. The van der Waals surface area contributed by atoms with E-state index in [4.69, 9.17) is 15.6 Å². The van der Waals surface area contributed by atoms with E-state index in [9.17, 15) is 0 Å². The van der Waals surface area contributed by atoms with E-state index in [0.717, 1.165) is 6.54 Å². The molecule has 0 aromatic rings. The van der Waals surface area contributed by atoms with Crippen molar-refractivity contribution in [1.29, 1.82) is 0 Å². The molecule has 12 heavy (non-hydrogen) atoms. The summed E-state index contributed by atoms with van der Waals surface area (Å²) in [5.41, 5.74) is 5.43. The Morgan fingerprint density at radius 3 is 2.50 bits per heavy atom. The summed E-state index contributed by atoms with van der Waals surface area (Å²) in [4.78, 5) is 0. The molecule has 0 heterocycles. The zero-order valence-corrected chi connectivity index (χ0v) is 8.13. The summed E-state index contributed by atoms with van der Waals surface area (Å²) in [6.07, 6.45) is -0.549. The second-order valence-electron chi connectivity index (χ2n) is 3.77. The van der Waals surface area contributed by atoms with Crippen LogP contribution in [0.3, 0.4) is 0 Å². The van der Waals surface area contributed by atoms with E-state index in [1.807, 2.05) is 0 Å². The average Bonchev–Trinajstić information content (AvgIpc) is 1.96. The van der Waals surface area contributed by atoms with E-state index in [1.165, 1.54) is 0 Å². The van der Waals surface area contributed by atoms with Gasteiger partial charge in [0.25, 0.3) is 0 Å². The Morgan fingerprint density at radius 1 is 1.50 bits per heavy atom. The molecule has 0 aliphatic heterocycles. The number of nitrogens with two attached hydrogens (primary N) is 1. The molecule has 0 aromatic carbocycles. The maximum absolute atomic E-state index is 8.52. The van der Waals surface area contributed by atoms with E-state index in [0.29, 0.717) is 6.61 Å². The highest BCUT2D eigenvalue weighted by Crippen LogP contribution is 1.96. The zero-order chi connectivity index (χ0) is 9.61. The van der Waals surface area contributed by atoms with E-state index in [-0.39, 0.29) is 12.1 Å². The number of aliphatic hydroxyl groups is 1. The van der Waals surface area contributed by atoms with Crippen molar-refractivity contribution in [3.05, 3.63) is 0 Å². The fourth-order valence-corrected chi connectivity index (χ4v) is 0.689. The van der Waals surface area contributed by atoms with Gasteiger partial charge >= 0.3 is 0 Å². The molecule has 0 aromatic heterocycles. The van der Waals surface area contributed by atoms with Gasteiger partial charge < -0.3 is 20.9 Å². The third-order valence-corrected chi connectivity index (χ3v) is 1.27. The lowest BCUT2D eigenvalue weighted by molar-refractivity contribution is 0.0173. The Morgan fingerprint density at radius 2 is 2.08 bits per heavy atom. The van der Waals surface area contributed by atoms with Crippen LogP contribution < -0.4 is 11.1 Å². The molecular formula is C8H20N2O2. The third-order valence-electron chi connectivity index (χ3n) is 1.27. The highest BCUT2D eigenvalue weighted by atomic mass is 16.5. The first-order valence-corrected chi connectivity index (χ1v) is 4.19. The molecule has 0 saturated carbocycles. The predicted molar refractivity (Wildman–Crippen MR) is 48.8 cm³/mol. The maximum atomic E-state index is 8.52. The minimum atomic E-state index is -0.549. The van der Waals surface area contributed by atoms with Crippen molar-refractivity contribution in [1.82, 2.24) is 5.32 Å². The van der Waals surface area contributed by atoms with Crippen molar-refractivity contribution in [2.24, 2.45) is 5.73 Å². The summed E-state index contributed by atoms with van der Waals surface area (Å²) < 4.78 is 5.05. The smallest absolute Gasteiger partial charge is 0.129 e. The van der Waals surface area contributed by atoms with Gasteiger partial charge in [-0.25, -0.2) is 0 Å². The molecule has 0 fully saturated rings. The molecular weight excluding hydrogens is 156 g/mol. The minimum absolute atomic E-state index is 0.104. The predicted octanol–water partition coefficient (Wildman–Crippen LogP) is -0.332. The quantitative estimate of drug-likeness (QED) is 0.396. The van der Waals surface area contributed by atoms with Crippen LogP contribution in [0.5, 0.6) is 0 Å². The summed E-state index contributed by atoms with van der Waals surface area (Å²) in [6, 6.07) is 0. The molecule has 0 aliphatic carbocycles. The van der Waals surface area contributed by atoms with Crippen LogP contribution in [0.15, 0.2) is 0 Å². The van der Waals surface area contributed by atoms with Gasteiger partial charge in [0.15, 0.2) is 0 Å². The van der Waals surface area contributed by atoms with E-state index in [1.54, 1.807) is 0 Å². The third kappa shape index (κ3) is 7.94. The summed E-state index contributed by atoms with van der Waals surface area (Å²) in [6.45, 7) is 7.39. The first-order valence-electron chi connectivity index (χ1n) is 4.19. The molecule has 0 saturated heterocycles. The average molecular weight is 176 g/mol. The molecule has 4 N–H and O–H groups in total. The highest BCUT2D eigenvalue weighted by molar-refractivity contribution is 4.69. The Balaban J connectivity index is 3.22. The Kier molecular flexibility index (Phi) is 5.41. The second kappa shape index (κ2) is 5.48. The molecule has 4 nitrogen and oxygen atoms in total. The number of hydrogen-bond donors (Lipinski definition) is 3. The van der Waals surface area contributed by atoms with Gasteiger partial charge in [0.2, 0.25) is 0 Å². The van der Waals surface area contributed by atoms with Crippen molar-refractivity contribution >= 4 is 0 Å². The molecule has 0 rings (SSSR count). The zero-order valence-electron chi connectivity index (χ0n) is 8.13. The van der Waals surface area contributed by atoms with Crippen LogP contribution in [0.2, 0.25) is 0 Å². The van der Waals surface area contributed by atoms with Gasteiger partial charge in [0.05, 0.1) is 13.2 Å². The summed E-state index contributed by atoms with van der Waals surface area (Å²) in [5, 5.41) is 11.8. The lowest BCUT2D eigenvalue weighted by Crippen LogP contribution is -2.39. The van der Waals surface area contributed by atoms with Gasteiger partial charge in [-0.3, -0.25) is 0 Å². The standard InChI is InChI=1S/C8H20N2O2/c1-8(2,3)10-4-5-12-7(9)6-11/h7,10-11H,4-6,9H2,1-3H3. The molecule has 1 unspecified atom stereocenters. The van der Waals surface area contributed by atoms with Crippen LogP contribution in [-0.2, 0) is 4.74 Å². The Labute approximate surface area is 74.1 Å². The van der Waals surface area contributed by atoms with Crippen LogP contribution in [0.25, 0.3) is 0 Å². The van der Waals surface area contributed by atoms with Crippen LogP contribution in [-0.4, -0.2) is 36.6 Å². The molecule has 4 heteroatoms. The van der Waals surface area contributed by atoms with Crippen molar-refractivity contribution < 1.29 is 9.84 Å². The van der Waals surface area contributed by atoms with Crippen LogP contribution in [0.4, 0.5) is 0 Å². The van der Waals surface area contributed by atoms with Crippen molar-refractivity contribution in [3.8, 4) is 0 Å². The van der Waals surface area contributed by atoms with Gasteiger partial charge in [-0.15, -0.1) is 0 Å². The minimum Gasteiger partial charge on any atom is -0.392 e. The number of ether oxygens (including phenoxy) is 1. The van der Waals surface area contributed by atoms with E-state index >= 15 is 0 Å². The first kappa shape index (κ1) is 11.8. The molecule has 1 atom stereocenters. The Bertz CT molecular complexity index is 112. The van der Waals surface area contributed by atoms with E-state index in [2.05, 4.69) is 26.1 Å². The van der Waals surface area contributed by atoms with Crippen molar-refractivity contribution in [2.75, 3.05) is 19.8 Å². The fourth-order valence-electron chi connectivity index (χ4n) is 0.689. The molecule has 0 spiro atoms. The van der Waals surface area contributed by atoms with Gasteiger partial charge in [-0.05, 0) is 20.8 Å². The summed E-state index contributed by atoms with van der Waals surface area (Å²) >= 11 is 0. The normalized spacial score (nSPS) is 14.8. The number of aliphatic hydroxyl groups excluding tert-OH is 1. The maximum Gasteiger partial charge on any atom is 0.129 e.